The summed E-state index contributed by atoms with van der Waals surface area (Å²) in [6.07, 6.45) is 0. The number of hydrogen-bond acceptors (Lipinski definition) is 5. The molecular formula is C26H21N3O3S. The first kappa shape index (κ1) is 22.1. The first-order valence-electron chi connectivity index (χ1n) is 10.2. The number of methoxy groups -OCH3 is 1. The molecule has 0 saturated carbocycles. The fourth-order valence-corrected chi connectivity index (χ4v) is 3.66. The van der Waals surface area contributed by atoms with Crippen molar-refractivity contribution in [1.82, 2.24) is 10.3 Å². The maximum atomic E-state index is 13.3. The second-order valence-electron chi connectivity index (χ2n) is 7.32. The first-order valence-corrected chi connectivity index (χ1v) is 10.6. The molecule has 0 fully saturated rings. The number of fused-ring (bicyclic) bond motifs is 1. The van der Waals surface area contributed by atoms with Crippen molar-refractivity contribution in [3.8, 4) is 17.0 Å². The first-order chi connectivity index (χ1) is 16.0. The van der Waals surface area contributed by atoms with Crippen molar-refractivity contribution in [3.63, 3.8) is 0 Å². The van der Waals surface area contributed by atoms with Crippen LogP contribution in [-0.4, -0.2) is 28.9 Å². The van der Waals surface area contributed by atoms with Crippen LogP contribution in [0.4, 0.5) is 5.69 Å². The minimum atomic E-state index is -0.410. The Hall–Kier alpha value is -4.10. The van der Waals surface area contributed by atoms with Crippen LogP contribution in [0.2, 0.25) is 0 Å². The van der Waals surface area contributed by atoms with E-state index in [1.54, 1.807) is 43.5 Å². The lowest BCUT2D eigenvalue weighted by Gasteiger charge is -2.14. The van der Waals surface area contributed by atoms with E-state index in [4.69, 9.17) is 21.9 Å². The summed E-state index contributed by atoms with van der Waals surface area (Å²) >= 11 is 5.37. The van der Waals surface area contributed by atoms with Crippen molar-refractivity contribution in [3.05, 3.63) is 90.0 Å². The molecule has 7 heteroatoms. The number of benzene rings is 3. The third kappa shape index (κ3) is 4.88. The van der Waals surface area contributed by atoms with Gasteiger partial charge in [-0.3, -0.25) is 14.9 Å². The second kappa shape index (κ2) is 9.58. The second-order valence-corrected chi connectivity index (χ2v) is 7.73. The number of ketones is 1. The molecule has 0 bridgehead atoms. The minimum Gasteiger partial charge on any atom is -0.495 e. The van der Waals surface area contributed by atoms with E-state index in [-0.39, 0.29) is 10.9 Å². The van der Waals surface area contributed by atoms with Crippen molar-refractivity contribution >= 4 is 45.6 Å². The van der Waals surface area contributed by atoms with E-state index in [0.717, 1.165) is 5.56 Å². The lowest BCUT2D eigenvalue weighted by Crippen LogP contribution is -2.34. The molecule has 4 rings (SSSR count). The molecule has 6 nitrogen and oxygen atoms in total. The zero-order chi connectivity index (χ0) is 23.4. The topological polar surface area (TPSA) is 80.3 Å². The van der Waals surface area contributed by atoms with Crippen molar-refractivity contribution < 1.29 is 14.3 Å². The van der Waals surface area contributed by atoms with E-state index in [1.165, 1.54) is 6.92 Å². The number of nitrogens with one attached hydrogen (secondary N) is 2. The summed E-state index contributed by atoms with van der Waals surface area (Å²) in [6, 6.07) is 23.7. The van der Waals surface area contributed by atoms with E-state index in [2.05, 4.69) is 10.6 Å². The number of carbonyl (C=O) groups excluding carboxylic acids is 2. The summed E-state index contributed by atoms with van der Waals surface area (Å²) in [5.74, 6) is 0.0948. The van der Waals surface area contributed by atoms with Crippen molar-refractivity contribution in [2.45, 2.75) is 6.92 Å². The number of Topliss-reactive ketones (excluding diaryl/α,β-unsaturated/α-hetero) is 1. The van der Waals surface area contributed by atoms with E-state index in [0.29, 0.717) is 39.2 Å². The van der Waals surface area contributed by atoms with E-state index < -0.39 is 5.91 Å². The molecule has 0 spiro atoms. The molecule has 2 N–H and O–H groups in total. The summed E-state index contributed by atoms with van der Waals surface area (Å²) in [4.78, 5) is 29.9. The predicted molar refractivity (Wildman–Crippen MR) is 134 cm³/mol. The van der Waals surface area contributed by atoms with Crippen LogP contribution >= 0.6 is 12.2 Å². The molecule has 33 heavy (non-hydrogen) atoms. The predicted octanol–water partition coefficient (Wildman–Crippen LogP) is 5.24. The van der Waals surface area contributed by atoms with Crippen LogP contribution in [0.25, 0.3) is 22.2 Å². The molecular weight excluding hydrogens is 434 g/mol. The fraction of sp³-hybridized carbons (Fsp3) is 0.0769. The average molecular weight is 456 g/mol. The summed E-state index contributed by atoms with van der Waals surface area (Å²) in [6.45, 7) is 1.49. The Kier molecular flexibility index (Phi) is 6.42. The molecule has 0 saturated heterocycles. The summed E-state index contributed by atoms with van der Waals surface area (Å²) in [5, 5.41) is 6.41. The molecule has 164 valence electrons. The van der Waals surface area contributed by atoms with Crippen LogP contribution in [0, 0.1) is 0 Å². The van der Waals surface area contributed by atoms with Crippen LogP contribution in [0.1, 0.15) is 27.6 Å². The zero-order valence-corrected chi connectivity index (χ0v) is 18.9. The van der Waals surface area contributed by atoms with Gasteiger partial charge < -0.3 is 10.1 Å². The third-order valence-corrected chi connectivity index (χ3v) is 5.32. The van der Waals surface area contributed by atoms with Gasteiger partial charge in [-0.05, 0) is 55.5 Å². The summed E-state index contributed by atoms with van der Waals surface area (Å²) in [5.41, 5.74) is 3.63. The minimum absolute atomic E-state index is 0.0937. The Balaban J connectivity index is 1.72. The Morgan fingerprint density at radius 2 is 1.67 bits per heavy atom. The Morgan fingerprint density at radius 3 is 2.39 bits per heavy atom. The Morgan fingerprint density at radius 1 is 0.939 bits per heavy atom. The molecule has 0 radical (unpaired) electrons. The molecule has 1 amide bonds. The molecule has 3 aromatic carbocycles. The Labute approximate surface area is 196 Å². The van der Waals surface area contributed by atoms with Gasteiger partial charge in [0.05, 0.1) is 29.6 Å². The molecule has 0 aliphatic rings. The van der Waals surface area contributed by atoms with E-state index in [9.17, 15) is 9.59 Å². The van der Waals surface area contributed by atoms with Gasteiger partial charge in [-0.25, -0.2) is 4.98 Å². The number of para-hydroxylation sites is 2. The van der Waals surface area contributed by atoms with Crippen molar-refractivity contribution in [2.24, 2.45) is 0 Å². The Bertz CT molecular complexity index is 1370. The number of rotatable bonds is 5. The molecule has 0 aliphatic carbocycles. The fourth-order valence-electron chi connectivity index (χ4n) is 3.46. The number of hydrogen-bond donors (Lipinski definition) is 2. The maximum Gasteiger partial charge on any atom is 0.258 e. The number of thiocarbonyl (C=S) groups is 1. The SMILES string of the molecule is COc1ccccc1NC(=S)NC(=O)c1cc(-c2ccccc2)nc2ccc(C(C)=O)cc12. The van der Waals surface area contributed by atoms with Gasteiger partial charge in [-0.1, -0.05) is 42.5 Å². The highest BCUT2D eigenvalue weighted by Crippen LogP contribution is 2.26. The van der Waals surface area contributed by atoms with Gasteiger partial charge in [-0.15, -0.1) is 0 Å². The number of carbonyl (C=O) groups is 2. The van der Waals surface area contributed by atoms with Crippen molar-refractivity contribution in [2.75, 3.05) is 12.4 Å². The average Bonchev–Trinajstić information content (AvgIpc) is 2.83. The molecule has 0 atom stereocenters. The number of ether oxygens (including phenoxy) is 1. The van der Waals surface area contributed by atoms with Crippen LogP contribution < -0.4 is 15.4 Å². The largest absolute Gasteiger partial charge is 0.495 e. The highest BCUT2D eigenvalue weighted by molar-refractivity contribution is 7.80. The molecule has 1 heterocycles. The van der Waals surface area contributed by atoms with E-state index in [1.807, 2.05) is 42.5 Å². The number of pyridine rings is 1. The van der Waals surface area contributed by atoms with Crippen LogP contribution in [0.5, 0.6) is 5.75 Å². The lowest BCUT2D eigenvalue weighted by molar-refractivity contribution is 0.0976. The highest BCUT2D eigenvalue weighted by Gasteiger charge is 2.17. The van der Waals surface area contributed by atoms with Crippen LogP contribution in [-0.2, 0) is 0 Å². The molecule has 0 unspecified atom stereocenters. The summed E-state index contributed by atoms with van der Waals surface area (Å²) in [7, 11) is 1.56. The molecule has 4 aromatic rings. The van der Waals surface area contributed by atoms with Gasteiger partial charge in [0.2, 0.25) is 0 Å². The third-order valence-electron chi connectivity index (χ3n) is 5.11. The van der Waals surface area contributed by atoms with Crippen LogP contribution in [0.3, 0.4) is 0 Å². The highest BCUT2D eigenvalue weighted by atomic mass is 32.1. The summed E-state index contributed by atoms with van der Waals surface area (Å²) < 4.78 is 5.32. The van der Waals surface area contributed by atoms with Crippen molar-refractivity contribution in [1.29, 1.82) is 0 Å². The number of aromatic nitrogens is 1. The number of nitrogens with zero attached hydrogens (tertiary/aromatic N) is 1. The smallest absolute Gasteiger partial charge is 0.258 e. The van der Waals surface area contributed by atoms with Gasteiger partial charge in [0.25, 0.3) is 5.91 Å². The monoisotopic (exact) mass is 455 g/mol. The van der Waals surface area contributed by atoms with Gasteiger partial charge in [0.1, 0.15) is 5.75 Å². The number of amides is 1. The molecule has 0 aliphatic heterocycles. The maximum absolute atomic E-state index is 13.3. The van der Waals surface area contributed by atoms with Crippen LogP contribution in [0.15, 0.2) is 78.9 Å². The molecule has 1 aromatic heterocycles. The van der Waals surface area contributed by atoms with Gasteiger partial charge in [-0.2, -0.15) is 0 Å². The number of anilines is 1. The van der Waals surface area contributed by atoms with Gasteiger partial charge in [0.15, 0.2) is 10.9 Å². The van der Waals surface area contributed by atoms with Gasteiger partial charge in [0, 0.05) is 16.5 Å². The van der Waals surface area contributed by atoms with E-state index >= 15 is 0 Å². The quantitative estimate of drug-likeness (QED) is 0.316. The normalized spacial score (nSPS) is 10.5. The van der Waals surface area contributed by atoms with Gasteiger partial charge >= 0.3 is 0 Å². The lowest BCUT2D eigenvalue weighted by atomic mass is 10.0. The zero-order valence-electron chi connectivity index (χ0n) is 18.1. The standard InChI is InChI=1S/C26H21N3O3S/c1-16(30)18-12-13-21-19(14-18)20(15-23(27-21)17-8-4-3-5-9-17)25(31)29-26(33)28-22-10-6-7-11-24(22)32-2/h3-15H,1-2H3,(H2,28,29,31,33).